The first kappa shape index (κ1) is 21.4. The van der Waals surface area contributed by atoms with Gasteiger partial charge >= 0.3 is 6.18 Å². The maximum atomic E-state index is 13.9. The monoisotopic (exact) mass is 449 g/mol. The molecular formula is C23H23F4N3O2. The van der Waals surface area contributed by atoms with Gasteiger partial charge in [0.15, 0.2) is 6.23 Å². The lowest BCUT2D eigenvalue weighted by Gasteiger charge is -2.35. The van der Waals surface area contributed by atoms with Crippen molar-refractivity contribution in [3.63, 3.8) is 0 Å². The van der Waals surface area contributed by atoms with Crippen molar-refractivity contribution in [1.82, 2.24) is 14.7 Å². The van der Waals surface area contributed by atoms with Gasteiger partial charge in [0.25, 0.3) is 0 Å². The third kappa shape index (κ3) is 3.78. The molecule has 3 heterocycles. The second-order valence-electron chi connectivity index (χ2n) is 8.45. The third-order valence-electron chi connectivity index (χ3n) is 6.49. The molecule has 0 aliphatic carbocycles. The number of halogens is 4. The first-order valence-corrected chi connectivity index (χ1v) is 10.7. The third-order valence-corrected chi connectivity index (χ3v) is 6.49. The van der Waals surface area contributed by atoms with Gasteiger partial charge < -0.3 is 9.84 Å². The number of aliphatic hydroxyl groups is 1. The molecule has 2 saturated heterocycles. The number of rotatable bonds is 4. The van der Waals surface area contributed by atoms with Crippen molar-refractivity contribution in [1.29, 1.82) is 0 Å². The molecule has 2 fully saturated rings. The highest BCUT2D eigenvalue weighted by atomic mass is 19.4. The lowest BCUT2D eigenvalue weighted by Crippen LogP contribution is -2.37. The van der Waals surface area contributed by atoms with E-state index in [0.29, 0.717) is 61.3 Å². The summed E-state index contributed by atoms with van der Waals surface area (Å²) in [5, 5.41) is 16.3. The van der Waals surface area contributed by atoms with Gasteiger partial charge in [-0.25, -0.2) is 4.39 Å². The summed E-state index contributed by atoms with van der Waals surface area (Å²) in [6, 6.07) is 10.0. The minimum Gasteiger partial charge on any atom is -0.377 e. The Hall–Kier alpha value is -2.49. The Kier molecular flexibility index (Phi) is 5.43. The van der Waals surface area contributed by atoms with Gasteiger partial charge in [-0.2, -0.15) is 18.3 Å². The predicted octanol–water partition coefficient (Wildman–Crippen LogP) is 4.64. The molecule has 1 aromatic heterocycles. The van der Waals surface area contributed by atoms with Crippen LogP contribution in [-0.2, 0) is 10.9 Å². The number of hydrogen-bond acceptors (Lipinski definition) is 4. The van der Waals surface area contributed by atoms with Gasteiger partial charge in [-0.15, -0.1) is 0 Å². The molecule has 32 heavy (non-hydrogen) atoms. The Morgan fingerprint density at radius 2 is 1.78 bits per heavy atom. The maximum absolute atomic E-state index is 13.9. The zero-order chi connectivity index (χ0) is 22.5. The van der Waals surface area contributed by atoms with E-state index in [2.05, 4.69) is 5.10 Å². The highest BCUT2D eigenvalue weighted by molar-refractivity contribution is 5.82. The van der Waals surface area contributed by atoms with Gasteiger partial charge in [-0.1, -0.05) is 18.2 Å². The van der Waals surface area contributed by atoms with Gasteiger partial charge in [0.2, 0.25) is 0 Å². The average molecular weight is 449 g/mol. The first-order valence-electron chi connectivity index (χ1n) is 10.7. The van der Waals surface area contributed by atoms with Crippen molar-refractivity contribution in [2.75, 3.05) is 26.3 Å². The second-order valence-corrected chi connectivity index (χ2v) is 8.45. The van der Waals surface area contributed by atoms with Crippen LogP contribution in [0.1, 0.15) is 47.9 Å². The fourth-order valence-corrected chi connectivity index (χ4v) is 4.71. The largest absolute Gasteiger partial charge is 0.416 e. The molecule has 1 atom stereocenters. The number of aromatic nitrogens is 2. The number of aliphatic hydroxyl groups excluding tert-OH is 1. The maximum Gasteiger partial charge on any atom is 0.416 e. The number of nitrogens with zero attached hydrogens (tertiary/aromatic N) is 3. The van der Waals surface area contributed by atoms with E-state index in [9.17, 15) is 22.7 Å². The van der Waals surface area contributed by atoms with Crippen molar-refractivity contribution in [2.24, 2.45) is 0 Å². The van der Waals surface area contributed by atoms with Gasteiger partial charge in [0, 0.05) is 18.5 Å². The van der Waals surface area contributed by atoms with Crippen molar-refractivity contribution >= 4 is 10.9 Å². The summed E-state index contributed by atoms with van der Waals surface area (Å²) in [4.78, 5) is 1.82. The number of ether oxygens (including phenoxy) is 1. The summed E-state index contributed by atoms with van der Waals surface area (Å²) in [5.74, 6) is -0.615. The molecule has 0 saturated carbocycles. The normalized spacial score (nSPS) is 19.9. The van der Waals surface area contributed by atoms with Crippen LogP contribution in [0.3, 0.4) is 0 Å². The molecule has 5 rings (SSSR count). The summed E-state index contributed by atoms with van der Waals surface area (Å²) in [6.45, 7) is 1.82. The number of likely N-dealkylation sites (tertiary alicyclic amines) is 1. The highest BCUT2D eigenvalue weighted by Crippen LogP contribution is 2.40. The standard InChI is InChI=1S/C23H23F4N3O2/c24-15-5-6-18-20(11-15)30(16-12-32-13-16)28-21(18)22(31)29-9-7-14(8-10-29)17-3-1-2-4-19(17)23(25,26)27/h1-6,11,14,16,22,31H,7-10,12-13H2. The van der Waals surface area contributed by atoms with Gasteiger partial charge in [0.1, 0.15) is 11.5 Å². The van der Waals surface area contributed by atoms with E-state index in [-0.39, 0.29) is 17.8 Å². The summed E-state index contributed by atoms with van der Waals surface area (Å²) in [6.07, 6.45) is -4.43. The zero-order valence-corrected chi connectivity index (χ0v) is 17.2. The Balaban J connectivity index is 1.37. The Morgan fingerprint density at radius 3 is 2.44 bits per heavy atom. The van der Waals surface area contributed by atoms with Crippen LogP contribution in [0.25, 0.3) is 10.9 Å². The molecule has 0 radical (unpaired) electrons. The van der Waals surface area contributed by atoms with E-state index < -0.39 is 18.0 Å². The van der Waals surface area contributed by atoms with E-state index in [1.54, 1.807) is 22.9 Å². The molecule has 2 aliphatic rings. The van der Waals surface area contributed by atoms with E-state index >= 15 is 0 Å². The first-order chi connectivity index (χ1) is 15.3. The van der Waals surface area contributed by atoms with Crippen molar-refractivity contribution in [3.8, 4) is 0 Å². The fourth-order valence-electron chi connectivity index (χ4n) is 4.71. The molecular weight excluding hydrogens is 426 g/mol. The van der Waals surface area contributed by atoms with Crippen molar-refractivity contribution in [3.05, 3.63) is 65.1 Å². The molecule has 0 bridgehead atoms. The number of benzene rings is 2. The quantitative estimate of drug-likeness (QED) is 0.590. The number of piperidine rings is 1. The Bertz CT molecular complexity index is 1120. The van der Waals surface area contributed by atoms with E-state index in [1.807, 2.05) is 4.90 Å². The molecule has 0 spiro atoms. The minimum atomic E-state index is -4.39. The second kappa shape index (κ2) is 8.13. The van der Waals surface area contributed by atoms with Crippen LogP contribution in [-0.4, -0.2) is 46.1 Å². The number of alkyl halides is 3. The van der Waals surface area contributed by atoms with Gasteiger partial charge in [0.05, 0.1) is 30.3 Å². The van der Waals surface area contributed by atoms with Crippen LogP contribution in [0.15, 0.2) is 42.5 Å². The molecule has 3 aromatic rings. The van der Waals surface area contributed by atoms with E-state index in [0.717, 1.165) is 6.07 Å². The summed E-state index contributed by atoms with van der Waals surface area (Å²) < 4.78 is 61.0. The lowest BCUT2D eigenvalue weighted by atomic mass is 9.86. The van der Waals surface area contributed by atoms with Gasteiger partial charge in [-0.3, -0.25) is 9.58 Å². The molecule has 2 aromatic carbocycles. The highest BCUT2D eigenvalue weighted by Gasteiger charge is 2.37. The van der Waals surface area contributed by atoms with Crippen LogP contribution >= 0.6 is 0 Å². The molecule has 5 nitrogen and oxygen atoms in total. The topological polar surface area (TPSA) is 50.5 Å². The molecule has 170 valence electrons. The van der Waals surface area contributed by atoms with Crippen LogP contribution in [0, 0.1) is 5.82 Å². The zero-order valence-electron chi connectivity index (χ0n) is 17.2. The number of fused-ring (bicyclic) bond motifs is 1. The molecule has 1 N–H and O–H groups in total. The molecule has 2 aliphatic heterocycles. The predicted molar refractivity (Wildman–Crippen MR) is 109 cm³/mol. The average Bonchev–Trinajstić information content (AvgIpc) is 3.10. The molecule has 1 unspecified atom stereocenters. The van der Waals surface area contributed by atoms with E-state index in [4.69, 9.17) is 4.74 Å². The molecule has 9 heteroatoms. The van der Waals surface area contributed by atoms with Crippen molar-refractivity contribution in [2.45, 2.75) is 37.2 Å². The number of hydrogen-bond donors (Lipinski definition) is 1. The van der Waals surface area contributed by atoms with Crippen LogP contribution in [0.2, 0.25) is 0 Å². The van der Waals surface area contributed by atoms with E-state index in [1.165, 1.54) is 18.2 Å². The van der Waals surface area contributed by atoms with Crippen LogP contribution in [0.4, 0.5) is 17.6 Å². The minimum absolute atomic E-state index is 0.00939. The lowest BCUT2D eigenvalue weighted by molar-refractivity contribution is -0.138. The van der Waals surface area contributed by atoms with Crippen molar-refractivity contribution < 1.29 is 27.4 Å². The summed E-state index contributed by atoms with van der Waals surface area (Å²) in [5.41, 5.74) is 0.750. The summed E-state index contributed by atoms with van der Waals surface area (Å²) in [7, 11) is 0. The summed E-state index contributed by atoms with van der Waals surface area (Å²) >= 11 is 0. The fraction of sp³-hybridized carbons (Fsp3) is 0.435. The molecule has 0 amide bonds. The Morgan fingerprint density at radius 1 is 1.06 bits per heavy atom. The SMILES string of the molecule is OC(c1nn(C2COC2)c2cc(F)ccc12)N1CCC(c2ccccc2C(F)(F)F)CC1. The smallest absolute Gasteiger partial charge is 0.377 e. The van der Waals surface area contributed by atoms with Gasteiger partial charge in [-0.05, 0) is 48.6 Å². The van der Waals surface area contributed by atoms with Crippen LogP contribution < -0.4 is 0 Å². The van der Waals surface area contributed by atoms with Crippen LogP contribution in [0.5, 0.6) is 0 Å². The Labute approximate surface area is 182 Å².